The van der Waals surface area contributed by atoms with Gasteiger partial charge in [0.2, 0.25) is 5.91 Å². The smallest absolute Gasteiger partial charge is 0.307 e. The molecule has 0 atom stereocenters. The number of nitrogens with zero attached hydrogens (tertiary/aromatic N) is 2. The summed E-state index contributed by atoms with van der Waals surface area (Å²) in [5.74, 6) is -1.13. The number of phenols is 1. The minimum atomic E-state index is -0.420. The number of esters is 1. The molecule has 22 heavy (non-hydrogen) atoms. The molecule has 118 valence electrons. The van der Waals surface area contributed by atoms with E-state index in [-0.39, 0.29) is 43.3 Å². The number of rotatable bonds is 4. The molecule has 0 radical (unpaired) electrons. The van der Waals surface area contributed by atoms with Gasteiger partial charge < -0.3 is 19.6 Å². The molecule has 0 saturated heterocycles. The summed E-state index contributed by atoms with van der Waals surface area (Å²) < 4.78 is 4.82. The first kappa shape index (κ1) is 15.8. The number of hydrogen-bond donors (Lipinski definition) is 1. The minimum Gasteiger partial charge on any atom is -0.508 e. The van der Waals surface area contributed by atoms with Gasteiger partial charge in [0.25, 0.3) is 5.91 Å². The second-order valence-corrected chi connectivity index (χ2v) is 4.94. The van der Waals surface area contributed by atoms with E-state index in [1.807, 2.05) is 0 Å². The number of anilines is 1. The average molecular weight is 306 g/mol. The molecule has 0 bridgehead atoms. The number of benzene rings is 1. The van der Waals surface area contributed by atoms with Crippen molar-refractivity contribution in [1.29, 1.82) is 0 Å². The number of hydrogen-bond acceptors (Lipinski definition) is 5. The third kappa shape index (κ3) is 3.19. The summed E-state index contributed by atoms with van der Waals surface area (Å²) in [7, 11) is 1.57. The summed E-state index contributed by atoms with van der Waals surface area (Å²) in [6.07, 6.45) is 0.0186. The second-order valence-electron chi connectivity index (χ2n) is 4.94. The lowest BCUT2D eigenvalue weighted by Gasteiger charge is -2.19. The van der Waals surface area contributed by atoms with Crippen LogP contribution in [0.2, 0.25) is 0 Å². The Kier molecular flexibility index (Phi) is 4.65. The first-order chi connectivity index (χ1) is 10.4. The van der Waals surface area contributed by atoms with Crippen molar-refractivity contribution in [3.63, 3.8) is 0 Å². The van der Waals surface area contributed by atoms with Crippen LogP contribution < -0.4 is 4.90 Å². The van der Waals surface area contributed by atoms with Crippen molar-refractivity contribution < 1.29 is 24.2 Å². The van der Waals surface area contributed by atoms with Gasteiger partial charge >= 0.3 is 5.97 Å². The maximum atomic E-state index is 12.5. The van der Waals surface area contributed by atoms with E-state index in [1.165, 1.54) is 28.0 Å². The van der Waals surface area contributed by atoms with E-state index in [0.29, 0.717) is 5.69 Å². The molecule has 0 saturated carbocycles. The highest BCUT2D eigenvalue weighted by molar-refractivity contribution is 6.09. The van der Waals surface area contributed by atoms with Crippen molar-refractivity contribution >= 4 is 23.5 Å². The quantitative estimate of drug-likeness (QED) is 0.830. The summed E-state index contributed by atoms with van der Waals surface area (Å²) >= 11 is 0. The monoisotopic (exact) mass is 306 g/mol. The lowest BCUT2D eigenvalue weighted by molar-refractivity contribution is -0.143. The SMILES string of the molecule is CCOC(=O)CCN1CC(=O)N(C)c2ccc(O)cc2C1=O. The first-order valence-corrected chi connectivity index (χ1v) is 6.98. The molecule has 0 spiro atoms. The molecule has 0 unspecified atom stereocenters. The molecule has 1 aromatic carbocycles. The van der Waals surface area contributed by atoms with Gasteiger partial charge in [-0.15, -0.1) is 0 Å². The van der Waals surface area contributed by atoms with E-state index in [4.69, 9.17) is 4.74 Å². The van der Waals surface area contributed by atoms with Crippen LogP contribution >= 0.6 is 0 Å². The van der Waals surface area contributed by atoms with Crippen LogP contribution in [0.1, 0.15) is 23.7 Å². The molecule has 0 aliphatic carbocycles. The molecule has 1 heterocycles. The van der Waals surface area contributed by atoms with Gasteiger partial charge in [0.05, 0.1) is 24.3 Å². The highest BCUT2D eigenvalue weighted by Gasteiger charge is 2.30. The number of carbonyl (C=O) groups is 3. The largest absolute Gasteiger partial charge is 0.508 e. The Labute approximate surface area is 128 Å². The number of phenolic OH excluding ortho intramolecular Hbond substituents is 1. The van der Waals surface area contributed by atoms with Gasteiger partial charge in [-0.25, -0.2) is 0 Å². The third-order valence-electron chi connectivity index (χ3n) is 3.45. The summed E-state index contributed by atoms with van der Waals surface area (Å²) in [5, 5.41) is 9.58. The lowest BCUT2D eigenvalue weighted by atomic mass is 10.1. The molecule has 0 fully saturated rings. The fourth-order valence-corrected chi connectivity index (χ4v) is 2.27. The van der Waals surface area contributed by atoms with Crippen LogP contribution in [-0.2, 0) is 14.3 Å². The van der Waals surface area contributed by atoms with Crippen molar-refractivity contribution in [3.8, 4) is 5.75 Å². The topological polar surface area (TPSA) is 87.2 Å². The van der Waals surface area contributed by atoms with Gasteiger partial charge in [0.1, 0.15) is 12.3 Å². The Hall–Kier alpha value is -2.57. The van der Waals surface area contributed by atoms with Crippen LogP contribution in [0.3, 0.4) is 0 Å². The second kappa shape index (κ2) is 6.46. The van der Waals surface area contributed by atoms with E-state index >= 15 is 0 Å². The third-order valence-corrected chi connectivity index (χ3v) is 3.45. The van der Waals surface area contributed by atoms with E-state index in [9.17, 15) is 19.5 Å². The summed E-state index contributed by atoms with van der Waals surface area (Å²) in [5.41, 5.74) is 0.670. The van der Waals surface area contributed by atoms with Gasteiger partial charge in [-0.2, -0.15) is 0 Å². The van der Waals surface area contributed by atoms with Crippen molar-refractivity contribution in [1.82, 2.24) is 4.90 Å². The molecule has 0 aromatic heterocycles. The van der Waals surface area contributed by atoms with Crippen LogP contribution in [0.15, 0.2) is 18.2 Å². The Balaban J connectivity index is 2.25. The maximum absolute atomic E-state index is 12.5. The van der Waals surface area contributed by atoms with E-state index in [1.54, 1.807) is 14.0 Å². The normalized spacial score (nSPS) is 14.6. The molecule has 1 aromatic rings. The molecule has 7 nitrogen and oxygen atoms in total. The highest BCUT2D eigenvalue weighted by atomic mass is 16.5. The zero-order valence-corrected chi connectivity index (χ0v) is 12.5. The fourth-order valence-electron chi connectivity index (χ4n) is 2.27. The Morgan fingerprint density at radius 3 is 2.77 bits per heavy atom. The maximum Gasteiger partial charge on any atom is 0.307 e. The number of amides is 2. The molecule has 1 aliphatic heterocycles. The number of carbonyl (C=O) groups excluding carboxylic acids is 3. The van der Waals surface area contributed by atoms with Crippen LogP contribution in [0.4, 0.5) is 5.69 Å². The highest BCUT2D eigenvalue weighted by Crippen LogP contribution is 2.28. The zero-order chi connectivity index (χ0) is 16.3. The van der Waals surface area contributed by atoms with Gasteiger partial charge in [0.15, 0.2) is 0 Å². The van der Waals surface area contributed by atoms with E-state index in [0.717, 1.165) is 0 Å². The van der Waals surface area contributed by atoms with Crippen molar-refractivity contribution in [2.75, 3.05) is 31.6 Å². The molecule has 1 aliphatic rings. The van der Waals surface area contributed by atoms with Crippen LogP contribution in [0.25, 0.3) is 0 Å². The summed E-state index contributed by atoms with van der Waals surface area (Å²) in [6.45, 7) is 1.94. The average Bonchev–Trinajstić information content (AvgIpc) is 2.57. The van der Waals surface area contributed by atoms with E-state index in [2.05, 4.69) is 0 Å². The lowest BCUT2D eigenvalue weighted by Crippen LogP contribution is -2.39. The van der Waals surface area contributed by atoms with Gasteiger partial charge in [-0.05, 0) is 25.1 Å². The van der Waals surface area contributed by atoms with Crippen LogP contribution in [-0.4, -0.2) is 54.5 Å². The number of fused-ring (bicyclic) bond motifs is 1. The fraction of sp³-hybridized carbons (Fsp3) is 0.400. The number of likely N-dealkylation sites (N-methyl/N-ethyl adjacent to an activating group) is 1. The predicted octanol–water partition coefficient (Wildman–Crippen LogP) is 0.764. The van der Waals surface area contributed by atoms with E-state index < -0.39 is 11.9 Å². The summed E-state index contributed by atoms with van der Waals surface area (Å²) in [6, 6.07) is 4.27. The van der Waals surface area contributed by atoms with Crippen LogP contribution in [0.5, 0.6) is 5.75 Å². The Morgan fingerprint density at radius 2 is 2.09 bits per heavy atom. The predicted molar refractivity (Wildman–Crippen MR) is 78.7 cm³/mol. The van der Waals surface area contributed by atoms with Gasteiger partial charge in [-0.1, -0.05) is 0 Å². The van der Waals surface area contributed by atoms with Crippen molar-refractivity contribution in [2.45, 2.75) is 13.3 Å². The first-order valence-electron chi connectivity index (χ1n) is 6.98. The Bertz CT molecular complexity index is 614. The molecule has 7 heteroatoms. The molecule has 1 N–H and O–H groups in total. The minimum absolute atomic E-state index is 0.0186. The molecule has 2 amide bonds. The Morgan fingerprint density at radius 1 is 1.36 bits per heavy atom. The van der Waals surface area contributed by atoms with Gasteiger partial charge in [0, 0.05) is 13.6 Å². The van der Waals surface area contributed by atoms with Gasteiger partial charge in [-0.3, -0.25) is 14.4 Å². The number of aromatic hydroxyl groups is 1. The van der Waals surface area contributed by atoms with Crippen LogP contribution in [0, 0.1) is 0 Å². The van der Waals surface area contributed by atoms with Crippen molar-refractivity contribution in [3.05, 3.63) is 23.8 Å². The standard InChI is InChI=1S/C15H18N2O5/c1-3-22-14(20)6-7-17-9-13(19)16(2)12-5-4-10(18)8-11(12)15(17)21/h4-5,8,18H,3,6-7,9H2,1-2H3. The number of ether oxygens (including phenoxy) is 1. The molecular formula is C15H18N2O5. The molecular weight excluding hydrogens is 288 g/mol. The van der Waals surface area contributed by atoms with Crippen molar-refractivity contribution in [2.24, 2.45) is 0 Å². The zero-order valence-electron chi connectivity index (χ0n) is 12.5. The summed E-state index contributed by atoms with van der Waals surface area (Å²) in [4.78, 5) is 38.8. The molecule has 2 rings (SSSR count).